The van der Waals surface area contributed by atoms with E-state index in [1.54, 1.807) is 0 Å². The fourth-order valence-corrected chi connectivity index (χ4v) is 11.5. The Kier molecular flexibility index (Phi) is 8.50. The minimum absolute atomic E-state index is 0.522. The third kappa shape index (κ3) is 5.66. The average Bonchev–Trinajstić information content (AvgIpc) is 4.05. The lowest BCUT2D eigenvalue weighted by molar-refractivity contribution is 0.669. The van der Waals surface area contributed by atoms with Gasteiger partial charge >= 0.3 is 0 Å². The van der Waals surface area contributed by atoms with Crippen LogP contribution in [0.2, 0.25) is 0 Å². The van der Waals surface area contributed by atoms with E-state index in [9.17, 15) is 0 Å². The van der Waals surface area contributed by atoms with Crippen LogP contribution in [0, 0.1) is 0 Å². The van der Waals surface area contributed by atoms with Gasteiger partial charge < -0.3 is 13.9 Å². The summed E-state index contributed by atoms with van der Waals surface area (Å²) in [6.45, 7) is 0. The van der Waals surface area contributed by atoms with Crippen molar-refractivity contribution in [2.75, 3.05) is 4.90 Å². The maximum atomic E-state index is 6.38. The fourth-order valence-electron chi connectivity index (χ4n) is 11.5. The predicted molar refractivity (Wildman–Crippen MR) is 283 cm³/mol. The molecule has 0 N–H and O–H groups in total. The highest BCUT2D eigenvalue weighted by Gasteiger charge is 2.46. The first-order valence-corrected chi connectivity index (χ1v) is 23.4. The third-order valence-corrected chi connectivity index (χ3v) is 14.4. The van der Waals surface area contributed by atoms with Gasteiger partial charge in [0.1, 0.15) is 11.2 Å². The Morgan fingerprint density at radius 2 is 0.971 bits per heavy atom. The van der Waals surface area contributed by atoms with Gasteiger partial charge in [-0.05, 0) is 128 Å². The Labute approximate surface area is 394 Å². The zero-order valence-electron chi connectivity index (χ0n) is 37.1. The minimum atomic E-state index is -0.522. The largest absolute Gasteiger partial charge is 0.456 e. The Bertz CT molecular complexity index is 4060. The number of rotatable bonds is 7. The van der Waals surface area contributed by atoms with E-state index >= 15 is 0 Å². The summed E-state index contributed by atoms with van der Waals surface area (Å²) in [6, 6.07) is 93.2. The second kappa shape index (κ2) is 15.1. The number of aromatic nitrogens is 1. The number of furan rings is 1. The second-order valence-electron chi connectivity index (χ2n) is 18.0. The van der Waals surface area contributed by atoms with Crippen molar-refractivity contribution in [2.45, 2.75) is 5.41 Å². The van der Waals surface area contributed by atoms with Crippen molar-refractivity contribution in [3.8, 4) is 27.9 Å². The van der Waals surface area contributed by atoms with Gasteiger partial charge in [0.25, 0.3) is 0 Å². The normalized spacial score (nSPS) is 12.8. The summed E-state index contributed by atoms with van der Waals surface area (Å²) in [7, 11) is 0. The van der Waals surface area contributed by atoms with Crippen LogP contribution in [0.25, 0.3) is 82.5 Å². The summed E-state index contributed by atoms with van der Waals surface area (Å²) in [6.07, 6.45) is 0. The first-order chi connectivity index (χ1) is 33.7. The first-order valence-electron chi connectivity index (χ1n) is 23.4. The fraction of sp³-hybridized carbons (Fsp3) is 0.0154. The number of benzene rings is 11. The molecule has 0 fully saturated rings. The lowest BCUT2D eigenvalue weighted by Crippen LogP contribution is -2.28. The summed E-state index contributed by atoms with van der Waals surface area (Å²) in [5.41, 5.74) is 17.9. The highest BCUT2D eigenvalue weighted by atomic mass is 16.3. The first kappa shape index (κ1) is 38.4. The van der Waals surface area contributed by atoms with Crippen molar-refractivity contribution in [2.24, 2.45) is 0 Å². The molecular formula is C65H42N2O. The van der Waals surface area contributed by atoms with Crippen LogP contribution in [0.15, 0.2) is 259 Å². The molecular weight excluding hydrogens is 825 g/mol. The van der Waals surface area contributed by atoms with Crippen molar-refractivity contribution in [3.05, 3.63) is 277 Å². The minimum Gasteiger partial charge on any atom is -0.456 e. The van der Waals surface area contributed by atoms with Crippen molar-refractivity contribution in [1.29, 1.82) is 0 Å². The molecule has 0 bridgehead atoms. The summed E-state index contributed by atoms with van der Waals surface area (Å²) in [5, 5.41) is 7.07. The number of hydrogen-bond acceptors (Lipinski definition) is 2. The van der Waals surface area contributed by atoms with E-state index in [0.29, 0.717) is 0 Å². The lowest BCUT2D eigenvalue weighted by Gasteiger charge is -2.35. The van der Waals surface area contributed by atoms with Gasteiger partial charge in [0.2, 0.25) is 0 Å². The molecule has 1 aliphatic carbocycles. The van der Waals surface area contributed by atoms with Gasteiger partial charge in [0, 0.05) is 33.2 Å². The Morgan fingerprint density at radius 1 is 0.353 bits per heavy atom. The van der Waals surface area contributed by atoms with Crippen molar-refractivity contribution < 1.29 is 4.42 Å². The second-order valence-corrected chi connectivity index (χ2v) is 18.0. The molecule has 14 rings (SSSR count). The van der Waals surface area contributed by atoms with Crippen LogP contribution < -0.4 is 4.90 Å². The zero-order chi connectivity index (χ0) is 44.8. The van der Waals surface area contributed by atoms with Crippen LogP contribution in [0.4, 0.5) is 17.1 Å². The third-order valence-electron chi connectivity index (χ3n) is 14.4. The van der Waals surface area contributed by atoms with Gasteiger partial charge in [-0.25, -0.2) is 0 Å². The number of anilines is 3. The molecule has 13 aromatic rings. The van der Waals surface area contributed by atoms with Gasteiger partial charge in [-0.3, -0.25) is 0 Å². The van der Waals surface area contributed by atoms with Crippen molar-refractivity contribution in [3.63, 3.8) is 0 Å². The molecule has 318 valence electrons. The summed E-state index contributed by atoms with van der Waals surface area (Å²) >= 11 is 0. The van der Waals surface area contributed by atoms with E-state index in [4.69, 9.17) is 4.42 Å². The molecule has 0 spiro atoms. The van der Waals surface area contributed by atoms with E-state index < -0.39 is 5.41 Å². The quantitative estimate of drug-likeness (QED) is 0.159. The van der Waals surface area contributed by atoms with Crippen molar-refractivity contribution >= 4 is 71.6 Å². The van der Waals surface area contributed by atoms with E-state index in [0.717, 1.165) is 66.8 Å². The lowest BCUT2D eigenvalue weighted by atomic mass is 9.67. The molecule has 3 heteroatoms. The molecule has 2 heterocycles. The number of fused-ring (bicyclic) bond motifs is 10. The molecule has 3 nitrogen and oxygen atoms in total. The molecule has 0 saturated heterocycles. The highest BCUT2D eigenvalue weighted by Crippen LogP contribution is 2.57. The van der Waals surface area contributed by atoms with Crippen LogP contribution in [0.5, 0.6) is 0 Å². The number of hydrogen-bond donors (Lipinski definition) is 0. The average molecular weight is 867 g/mol. The smallest absolute Gasteiger partial charge is 0.137 e. The molecule has 2 aromatic heterocycles. The maximum Gasteiger partial charge on any atom is 0.137 e. The van der Waals surface area contributed by atoms with Crippen LogP contribution in [0.3, 0.4) is 0 Å². The maximum absolute atomic E-state index is 6.38. The van der Waals surface area contributed by atoms with Crippen LogP contribution in [-0.2, 0) is 5.41 Å². The van der Waals surface area contributed by atoms with Gasteiger partial charge in [-0.2, -0.15) is 0 Å². The summed E-state index contributed by atoms with van der Waals surface area (Å²) in [4.78, 5) is 2.44. The molecule has 0 amide bonds. The molecule has 68 heavy (non-hydrogen) atoms. The number of nitrogens with zero attached hydrogens (tertiary/aromatic N) is 2. The summed E-state index contributed by atoms with van der Waals surface area (Å²) < 4.78 is 8.79. The highest BCUT2D eigenvalue weighted by molar-refractivity contribution is 6.15. The van der Waals surface area contributed by atoms with Crippen LogP contribution in [0.1, 0.15) is 22.3 Å². The summed E-state index contributed by atoms with van der Waals surface area (Å²) in [5.74, 6) is 0. The molecule has 0 atom stereocenters. The molecule has 0 unspecified atom stereocenters. The monoisotopic (exact) mass is 866 g/mol. The zero-order valence-corrected chi connectivity index (χ0v) is 37.1. The SMILES string of the molecule is c1ccc(C2(c3ccccc3)c3ccccc3-c3ccc(N(c4cccc(-c5ccc6c(c5)c5ccccc5n6-c5cccc6oc7ccccc7c56)c4)c4ccc5ccccc5c4)cc32)cc1. The van der Waals surface area contributed by atoms with Gasteiger partial charge in [-0.1, -0.05) is 182 Å². The Hall–Kier alpha value is -8.92. The molecule has 0 saturated carbocycles. The van der Waals surface area contributed by atoms with E-state index in [2.05, 4.69) is 258 Å². The van der Waals surface area contributed by atoms with Gasteiger partial charge in [0.05, 0.1) is 27.5 Å². The molecule has 0 aliphatic heterocycles. The molecule has 0 radical (unpaired) electrons. The van der Waals surface area contributed by atoms with Crippen LogP contribution >= 0.6 is 0 Å². The van der Waals surface area contributed by atoms with Gasteiger partial charge in [0.15, 0.2) is 0 Å². The van der Waals surface area contributed by atoms with Gasteiger partial charge in [-0.15, -0.1) is 0 Å². The van der Waals surface area contributed by atoms with E-state index in [-0.39, 0.29) is 0 Å². The van der Waals surface area contributed by atoms with E-state index in [1.807, 2.05) is 6.07 Å². The number of para-hydroxylation sites is 2. The topological polar surface area (TPSA) is 21.3 Å². The molecule has 1 aliphatic rings. The standard InChI is InChI=1S/C65H42N2O/c1-3-20-47(21-4-1)65(48-22-5-2-6-23-48)57-28-12-9-25-52(57)53-37-36-51(42-58(53)65)66(50-35-33-43-17-7-8-18-44(43)39-50)49-24-15-19-45(40-49)46-34-38-60-56(41-46)54-26-10-13-29-59(54)67(60)61-30-16-32-63-64(61)55-27-11-14-31-62(55)68-63/h1-42H. The van der Waals surface area contributed by atoms with Crippen LogP contribution in [-0.4, -0.2) is 4.57 Å². The van der Waals surface area contributed by atoms with E-state index in [1.165, 1.54) is 54.9 Å². The molecule has 11 aromatic carbocycles. The van der Waals surface area contributed by atoms with Crippen molar-refractivity contribution in [1.82, 2.24) is 4.57 Å². The Balaban J connectivity index is 0.962. The predicted octanol–water partition coefficient (Wildman–Crippen LogP) is 17.3. The Morgan fingerprint density at radius 3 is 1.82 bits per heavy atom.